The summed E-state index contributed by atoms with van der Waals surface area (Å²) in [7, 11) is 0. The van der Waals surface area contributed by atoms with Crippen molar-refractivity contribution in [1.29, 1.82) is 0 Å². The van der Waals surface area contributed by atoms with Gasteiger partial charge in [-0.15, -0.1) is 25.6 Å². The number of allylic oxidation sites excluding steroid dienone is 2. The maximum Gasteiger partial charge on any atom is 0.253 e. The molecule has 0 aliphatic carbocycles. The number of rotatable bonds is 9. The molecular weight excluding hydrogens is 314 g/mol. The Morgan fingerprint density at radius 2 is 1.78 bits per heavy atom. The molecule has 0 bridgehead atoms. The first-order valence-electron chi connectivity index (χ1n) is 7.24. The number of hydrogen-bond acceptors (Lipinski definition) is 3. The van der Waals surface area contributed by atoms with E-state index in [4.69, 9.17) is 5.73 Å². The van der Waals surface area contributed by atoms with Crippen molar-refractivity contribution in [2.24, 2.45) is 11.7 Å². The average Bonchev–Trinajstić information content (AvgIpc) is 2.52. The molecule has 1 aromatic carbocycles. The fraction of sp³-hybridized carbons (Fsp3) is 0.294. The number of para-hydroxylation sites is 1. The minimum atomic E-state index is -0.259. The molecule has 0 saturated heterocycles. The van der Waals surface area contributed by atoms with Gasteiger partial charge in [-0.1, -0.05) is 24.3 Å². The van der Waals surface area contributed by atoms with Gasteiger partial charge in [0.25, 0.3) is 5.91 Å². The largest absolute Gasteiger partial charge is 0.351 e. The van der Waals surface area contributed by atoms with Crippen LogP contribution in [0.15, 0.2) is 49.6 Å². The summed E-state index contributed by atoms with van der Waals surface area (Å²) >= 11 is 0. The van der Waals surface area contributed by atoms with Gasteiger partial charge in [0.05, 0.1) is 11.3 Å². The minimum Gasteiger partial charge on any atom is -0.351 e. The minimum absolute atomic E-state index is 0. The number of hydrogen-bond donors (Lipinski definition) is 3. The summed E-state index contributed by atoms with van der Waals surface area (Å²) in [6.07, 6.45) is 4.51. The highest BCUT2D eigenvalue weighted by atomic mass is 35.5. The zero-order chi connectivity index (χ0) is 16.4. The Bertz CT molecular complexity index is 536. The number of carbonyl (C=O) groups is 2. The van der Waals surface area contributed by atoms with E-state index in [1.807, 2.05) is 0 Å². The first-order valence-corrected chi connectivity index (χ1v) is 7.24. The van der Waals surface area contributed by atoms with Crippen molar-refractivity contribution < 1.29 is 9.59 Å². The highest BCUT2D eigenvalue weighted by Crippen LogP contribution is 2.18. The first-order chi connectivity index (χ1) is 10.6. The van der Waals surface area contributed by atoms with Crippen molar-refractivity contribution in [3.63, 3.8) is 0 Å². The molecule has 0 radical (unpaired) electrons. The molecule has 0 fully saturated rings. The molecule has 6 heteroatoms. The Morgan fingerprint density at radius 1 is 1.17 bits per heavy atom. The third-order valence-electron chi connectivity index (χ3n) is 3.13. The molecule has 5 nitrogen and oxygen atoms in total. The van der Waals surface area contributed by atoms with Crippen LogP contribution < -0.4 is 16.4 Å². The number of nitrogens with one attached hydrogen (secondary N) is 2. The zero-order valence-corrected chi connectivity index (χ0v) is 13.9. The molecule has 0 saturated carbocycles. The molecule has 2 amide bonds. The molecule has 0 atom stereocenters. The molecule has 0 aliphatic heterocycles. The number of nitrogens with two attached hydrogens (primary N) is 1. The van der Waals surface area contributed by atoms with Crippen LogP contribution in [0, 0.1) is 5.92 Å². The molecule has 0 aliphatic rings. The first kappa shape index (κ1) is 20.9. The van der Waals surface area contributed by atoms with Crippen molar-refractivity contribution in [3.05, 3.63) is 55.1 Å². The lowest BCUT2D eigenvalue weighted by Gasteiger charge is -2.15. The van der Waals surface area contributed by atoms with E-state index >= 15 is 0 Å². The van der Waals surface area contributed by atoms with E-state index in [-0.39, 0.29) is 30.1 Å². The lowest BCUT2D eigenvalue weighted by molar-refractivity contribution is -0.119. The zero-order valence-electron chi connectivity index (χ0n) is 13.1. The molecule has 4 N–H and O–H groups in total. The fourth-order valence-corrected chi connectivity index (χ4v) is 2.02. The van der Waals surface area contributed by atoms with E-state index < -0.39 is 0 Å². The second-order valence-electron chi connectivity index (χ2n) is 4.83. The Kier molecular flexibility index (Phi) is 10.4. The standard InChI is InChI=1S/C17H23N3O2.ClH/c1-3-7-13(8-4-2)16(21)20-15-10-6-5-9-14(15)17(22)19-12-11-18;/h3-6,9-10,13H,1-2,7-8,11-12,18H2,(H,19,22)(H,20,21);1H. The summed E-state index contributed by atoms with van der Waals surface area (Å²) in [5.41, 5.74) is 6.28. The third-order valence-corrected chi connectivity index (χ3v) is 3.13. The van der Waals surface area contributed by atoms with E-state index in [2.05, 4.69) is 23.8 Å². The number of benzene rings is 1. The Morgan fingerprint density at radius 3 is 2.35 bits per heavy atom. The topological polar surface area (TPSA) is 84.2 Å². The van der Waals surface area contributed by atoms with Gasteiger partial charge in [-0.05, 0) is 25.0 Å². The molecule has 126 valence electrons. The molecule has 0 unspecified atom stereocenters. The van der Waals surface area contributed by atoms with Crippen molar-refractivity contribution in [3.8, 4) is 0 Å². The monoisotopic (exact) mass is 337 g/mol. The van der Waals surface area contributed by atoms with E-state index in [1.165, 1.54) is 0 Å². The van der Waals surface area contributed by atoms with Crippen molar-refractivity contribution in [1.82, 2.24) is 5.32 Å². The summed E-state index contributed by atoms with van der Waals surface area (Å²) in [6, 6.07) is 6.88. The molecule has 0 spiro atoms. The summed E-state index contributed by atoms with van der Waals surface area (Å²) < 4.78 is 0. The molecular formula is C17H24ClN3O2. The Hall–Kier alpha value is -2.11. The average molecular weight is 338 g/mol. The highest BCUT2D eigenvalue weighted by Gasteiger charge is 2.18. The van der Waals surface area contributed by atoms with Crippen LogP contribution in [0.1, 0.15) is 23.2 Å². The molecule has 0 heterocycles. The van der Waals surface area contributed by atoms with E-state index in [1.54, 1.807) is 36.4 Å². The van der Waals surface area contributed by atoms with Gasteiger partial charge in [0.15, 0.2) is 0 Å². The van der Waals surface area contributed by atoms with Gasteiger partial charge in [0, 0.05) is 19.0 Å². The lowest BCUT2D eigenvalue weighted by atomic mass is 10.00. The van der Waals surface area contributed by atoms with E-state index in [0.29, 0.717) is 37.2 Å². The van der Waals surface area contributed by atoms with Gasteiger partial charge < -0.3 is 16.4 Å². The summed E-state index contributed by atoms with van der Waals surface area (Å²) in [4.78, 5) is 24.4. The van der Waals surface area contributed by atoms with Crippen molar-refractivity contribution in [2.45, 2.75) is 12.8 Å². The van der Waals surface area contributed by atoms with Crippen LogP contribution in [-0.4, -0.2) is 24.9 Å². The number of carbonyl (C=O) groups excluding carboxylic acids is 2. The van der Waals surface area contributed by atoms with Gasteiger partial charge in [-0.2, -0.15) is 0 Å². The van der Waals surface area contributed by atoms with E-state index in [0.717, 1.165) is 0 Å². The molecule has 1 aromatic rings. The predicted molar refractivity (Wildman–Crippen MR) is 96.8 cm³/mol. The second kappa shape index (κ2) is 11.5. The smallest absolute Gasteiger partial charge is 0.253 e. The molecule has 23 heavy (non-hydrogen) atoms. The molecule has 1 rings (SSSR count). The maximum atomic E-state index is 12.3. The SMILES string of the molecule is C=CCC(CC=C)C(=O)Nc1ccccc1C(=O)NCCN.Cl. The summed E-state index contributed by atoms with van der Waals surface area (Å²) in [5.74, 6) is -0.653. The van der Waals surface area contributed by atoms with Gasteiger partial charge in [0.1, 0.15) is 0 Å². The molecule has 0 aromatic heterocycles. The highest BCUT2D eigenvalue weighted by molar-refractivity contribution is 6.04. The van der Waals surface area contributed by atoms with Gasteiger partial charge >= 0.3 is 0 Å². The van der Waals surface area contributed by atoms with Crippen LogP contribution in [0.25, 0.3) is 0 Å². The van der Waals surface area contributed by atoms with Crippen molar-refractivity contribution >= 4 is 29.9 Å². The van der Waals surface area contributed by atoms with Gasteiger partial charge in [0.2, 0.25) is 5.91 Å². The third kappa shape index (κ3) is 6.67. The van der Waals surface area contributed by atoms with Crippen LogP contribution in [-0.2, 0) is 4.79 Å². The second-order valence-corrected chi connectivity index (χ2v) is 4.83. The van der Waals surface area contributed by atoms with Gasteiger partial charge in [-0.3, -0.25) is 9.59 Å². The van der Waals surface area contributed by atoms with E-state index in [9.17, 15) is 9.59 Å². The summed E-state index contributed by atoms with van der Waals surface area (Å²) in [6.45, 7) is 8.07. The van der Waals surface area contributed by atoms with Gasteiger partial charge in [-0.25, -0.2) is 0 Å². The van der Waals surface area contributed by atoms with Crippen LogP contribution in [0.5, 0.6) is 0 Å². The normalized spacial score (nSPS) is 9.65. The quantitative estimate of drug-likeness (QED) is 0.605. The van der Waals surface area contributed by atoms with Crippen LogP contribution >= 0.6 is 12.4 Å². The predicted octanol–water partition coefficient (Wildman–Crippen LogP) is 2.50. The number of halogens is 1. The van der Waals surface area contributed by atoms with Crippen LogP contribution in [0.3, 0.4) is 0 Å². The lowest BCUT2D eigenvalue weighted by Crippen LogP contribution is -2.30. The fourth-order valence-electron chi connectivity index (χ4n) is 2.02. The Labute approximate surface area is 143 Å². The maximum absolute atomic E-state index is 12.3. The van der Waals surface area contributed by atoms with Crippen LogP contribution in [0.4, 0.5) is 5.69 Å². The number of amides is 2. The summed E-state index contributed by atoms with van der Waals surface area (Å²) in [5, 5.41) is 5.51. The Balaban J connectivity index is 0.00000484. The number of anilines is 1. The van der Waals surface area contributed by atoms with Crippen LogP contribution in [0.2, 0.25) is 0 Å². The van der Waals surface area contributed by atoms with Crippen molar-refractivity contribution in [2.75, 3.05) is 18.4 Å².